The number of rotatable bonds is 7. The van der Waals surface area contributed by atoms with Crippen molar-refractivity contribution in [3.05, 3.63) is 230 Å². The molecule has 0 fully saturated rings. The quantitative estimate of drug-likeness (QED) is 0.151. The van der Waals surface area contributed by atoms with Crippen molar-refractivity contribution >= 4 is 45.9 Å². The first-order valence-corrected chi connectivity index (χ1v) is 21.8. The van der Waals surface area contributed by atoms with Crippen LogP contribution in [-0.4, -0.2) is 14.2 Å². The average Bonchev–Trinajstić information content (AvgIpc) is 3.82. The molecule has 0 spiro atoms. The Hall–Kier alpha value is -6.94. The number of hydrogen-bond donors (Lipinski definition) is 0. The summed E-state index contributed by atoms with van der Waals surface area (Å²) in [5, 5.41) is 5.62. The van der Waals surface area contributed by atoms with E-state index in [1.165, 1.54) is 43.0 Å². The lowest BCUT2D eigenvalue weighted by atomic mass is 9.87. The number of anilines is 3. The Labute approximate surface area is 335 Å². The van der Waals surface area contributed by atoms with Crippen molar-refractivity contribution in [1.82, 2.24) is 0 Å². The Bertz CT molecular complexity index is 2790. The summed E-state index contributed by atoms with van der Waals surface area (Å²) in [7, 11) is -2.74. The number of allylic oxidation sites excluding steroid dienone is 2. The van der Waals surface area contributed by atoms with Crippen LogP contribution in [0.4, 0.5) is 17.1 Å². The van der Waals surface area contributed by atoms with Gasteiger partial charge in [0.25, 0.3) is 0 Å². The van der Waals surface area contributed by atoms with Crippen LogP contribution in [0.2, 0.25) is 0 Å². The van der Waals surface area contributed by atoms with Gasteiger partial charge in [-0.2, -0.15) is 0 Å². The van der Waals surface area contributed by atoms with E-state index in [1.807, 2.05) is 0 Å². The minimum atomic E-state index is -2.74. The van der Waals surface area contributed by atoms with Gasteiger partial charge in [-0.3, -0.25) is 0 Å². The number of para-hydroxylation sites is 2. The van der Waals surface area contributed by atoms with Gasteiger partial charge in [-0.05, 0) is 79.4 Å². The highest BCUT2D eigenvalue weighted by molar-refractivity contribution is 7.22. The molecule has 1 aliphatic carbocycles. The van der Waals surface area contributed by atoms with E-state index in [0.717, 1.165) is 39.5 Å². The minimum absolute atomic E-state index is 0.0175. The third kappa shape index (κ3) is 5.23. The molecule has 0 radical (unpaired) electrons. The first-order chi connectivity index (χ1) is 28.3. The fourth-order valence-corrected chi connectivity index (χ4v) is 14.9. The van der Waals surface area contributed by atoms with Crippen LogP contribution in [0.15, 0.2) is 224 Å². The summed E-state index contributed by atoms with van der Waals surface area (Å²) in [5.74, 6) is 1.15. The predicted octanol–water partition coefficient (Wildman–Crippen LogP) is 10.8. The van der Waals surface area contributed by atoms with Crippen LogP contribution < -0.4 is 30.4 Å². The van der Waals surface area contributed by atoms with E-state index in [1.54, 1.807) is 0 Å². The van der Waals surface area contributed by atoms with Crippen molar-refractivity contribution in [3.8, 4) is 39.1 Å². The summed E-state index contributed by atoms with van der Waals surface area (Å²) >= 11 is 0. The second kappa shape index (κ2) is 13.7. The molecule has 2 unspecified atom stereocenters. The zero-order valence-corrected chi connectivity index (χ0v) is 32.4. The Balaban J connectivity index is 1.20. The third-order valence-corrected chi connectivity index (χ3v) is 17.0. The van der Waals surface area contributed by atoms with Crippen LogP contribution in [0.5, 0.6) is 5.75 Å². The maximum absolute atomic E-state index is 6.90. The van der Waals surface area contributed by atoms with E-state index in [-0.39, 0.29) is 12.0 Å². The normalized spacial score (nSPS) is 16.6. The van der Waals surface area contributed by atoms with Crippen LogP contribution in [0, 0.1) is 0 Å². The topological polar surface area (TPSA) is 12.5 Å². The molecule has 8 aromatic rings. The van der Waals surface area contributed by atoms with Crippen molar-refractivity contribution in [1.29, 1.82) is 0 Å². The van der Waals surface area contributed by atoms with Crippen LogP contribution in [-0.2, 0) is 0 Å². The van der Waals surface area contributed by atoms with Gasteiger partial charge in [0.2, 0.25) is 0 Å². The molecule has 0 aromatic heterocycles. The van der Waals surface area contributed by atoms with Gasteiger partial charge in [0.05, 0.1) is 5.69 Å². The van der Waals surface area contributed by atoms with E-state index in [4.69, 9.17) is 4.74 Å². The van der Waals surface area contributed by atoms with Crippen molar-refractivity contribution in [3.63, 3.8) is 0 Å². The maximum atomic E-state index is 6.90. The van der Waals surface area contributed by atoms with Gasteiger partial charge in [0.15, 0.2) is 8.07 Å². The number of nitrogens with zero attached hydrogens (tertiary/aromatic N) is 1. The maximum Gasteiger partial charge on any atom is 0.180 e. The van der Waals surface area contributed by atoms with Crippen molar-refractivity contribution in [2.75, 3.05) is 4.90 Å². The molecule has 57 heavy (non-hydrogen) atoms. The van der Waals surface area contributed by atoms with Crippen molar-refractivity contribution in [2.45, 2.75) is 12.0 Å². The molecule has 2 atom stereocenters. The van der Waals surface area contributed by atoms with Gasteiger partial charge >= 0.3 is 0 Å². The highest BCUT2D eigenvalue weighted by Gasteiger charge is 2.49. The van der Waals surface area contributed by atoms with Crippen molar-refractivity contribution < 1.29 is 4.74 Å². The Morgan fingerprint density at radius 3 is 1.79 bits per heavy atom. The SMILES string of the molecule is C1=CC2Oc3c(-c4c(-c5ccccc5)cccc4N(c4ccccc4)c4ccc5c(c4)[Si](c4ccccc4)(c4ccccc4)c4ccccc4-5)cccc3C2C=C1. The summed E-state index contributed by atoms with van der Waals surface area (Å²) < 4.78 is 6.90. The second-order valence-corrected chi connectivity index (χ2v) is 18.8. The summed E-state index contributed by atoms with van der Waals surface area (Å²) in [4.78, 5) is 2.47. The number of fused-ring (bicyclic) bond motifs is 6. The van der Waals surface area contributed by atoms with E-state index >= 15 is 0 Å². The summed E-state index contributed by atoms with van der Waals surface area (Å²) in [6, 6.07) is 74.0. The van der Waals surface area contributed by atoms with Gasteiger partial charge in [-0.1, -0.05) is 188 Å². The molecular formula is C54H39NOSi. The van der Waals surface area contributed by atoms with Gasteiger partial charge in [-0.25, -0.2) is 0 Å². The zero-order valence-electron chi connectivity index (χ0n) is 31.4. The molecule has 0 N–H and O–H groups in total. The number of ether oxygens (including phenoxy) is 1. The van der Waals surface area contributed by atoms with E-state index in [0.29, 0.717) is 0 Å². The number of hydrogen-bond acceptors (Lipinski definition) is 2. The Morgan fingerprint density at radius 1 is 0.439 bits per heavy atom. The fraction of sp³-hybridized carbons (Fsp3) is 0.0370. The average molecular weight is 746 g/mol. The fourth-order valence-electron chi connectivity index (χ4n) is 9.71. The molecule has 0 amide bonds. The Kier molecular flexibility index (Phi) is 8.01. The molecule has 2 heterocycles. The van der Waals surface area contributed by atoms with Crippen LogP contribution in [0.25, 0.3) is 33.4 Å². The second-order valence-electron chi connectivity index (χ2n) is 15.1. The molecule has 0 bridgehead atoms. The molecule has 11 rings (SSSR count). The zero-order chi connectivity index (χ0) is 37.8. The first kappa shape index (κ1) is 33.4. The molecule has 3 aliphatic rings. The first-order valence-electron chi connectivity index (χ1n) is 19.8. The molecule has 2 aliphatic heterocycles. The van der Waals surface area contributed by atoms with E-state index in [2.05, 4.69) is 229 Å². The van der Waals surface area contributed by atoms with Crippen LogP contribution in [0.3, 0.4) is 0 Å². The Morgan fingerprint density at radius 2 is 1.04 bits per heavy atom. The smallest absolute Gasteiger partial charge is 0.180 e. The lowest BCUT2D eigenvalue weighted by Gasteiger charge is -2.33. The van der Waals surface area contributed by atoms with Crippen LogP contribution in [0.1, 0.15) is 11.5 Å². The molecule has 8 aromatic carbocycles. The molecule has 270 valence electrons. The summed E-state index contributed by atoms with van der Waals surface area (Å²) in [6.07, 6.45) is 8.70. The molecular weight excluding hydrogens is 707 g/mol. The molecule has 2 nitrogen and oxygen atoms in total. The lowest BCUT2D eigenvalue weighted by Crippen LogP contribution is -2.72. The standard InChI is InChI=1S/C54H39NOSi/c1-5-19-38(20-6-1)43-29-18-32-49(53(43)48-31-17-30-47-44-27-13-15-33-50(44)56-54(47)48)55(39-21-7-2-8-22-39)40-35-36-46-45-28-14-16-34-51(45)57(52(46)37-40,41-23-9-3-10-24-41)42-25-11-4-12-26-42/h1-37,44,50H. The molecule has 3 heteroatoms. The van der Waals surface area contributed by atoms with Gasteiger partial charge in [0.1, 0.15) is 11.9 Å². The monoisotopic (exact) mass is 745 g/mol. The molecule has 0 saturated carbocycles. The van der Waals surface area contributed by atoms with E-state index < -0.39 is 8.07 Å². The van der Waals surface area contributed by atoms with E-state index in [9.17, 15) is 0 Å². The highest BCUT2D eigenvalue weighted by atomic mass is 28.3. The molecule has 0 saturated heterocycles. The van der Waals surface area contributed by atoms with Crippen LogP contribution >= 0.6 is 0 Å². The lowest BCUT2D eigenvalue weighted by molar-refractivity contribution is 0.270. The number of benzene rings is 8. The predicted molar refractivity (Wildman–Crippen MR) is 240 cm³/mol. The summed E-state index contributed by atoms with van der Waals surface area (Å²) in [6.45, 7) is 0. The van der Waals surface area contributed by atoms with Gasteiger partial charge in [-0.15, -0.1) is 0 Å². The van der Waals surface area contributed by atoms with Crippen molar-refractivity contribution in [2.24, 2.45) is 0 Å². The summed E-state index contributed by atoms with van der Waals surface area (Å²) in [5.41, 5.74) is 11.8. The highest BCUT2D eigenvalue weighted by Crippen LogP contribution is 2.52. The largest absolute Gasteiger partial charge is 0.484 e. The third-order valence-electron chi connectivity index (χ3n) is 12.1. The minimum Gasteiger partial charge on any atom is -0.484 e. The van der Waals surface area contributed by atoms with Gasteiger partial charge in [0, 0.05) is 34.0 Å². The van der Waals surface area contributed by atoms with Gasteiger partial charge < -0.3 is 9.64 Å².